The molecule has 7 heteroatoms. The smallest absolute Gasteiger partial charge is 0.243 e. The molecule has 106 valence electrons. The molecule has 0 saturated carbocycles. The first-order valence-electron chi connectivity index (χ1n) is 5.86. The number of rotatable bonds is 6. The fourth-order valence-electron chi connectivity index (χ4n) is 1.39. The summed E-state index contributed by atoms with van der Waals surface area (Å²) in [4.78, 5) is 11.7. The molecule has 0 bridgehead atoms. The number of sulfonamides is 1. The lowest BCUT2D eigenvalue weighted by Gasteiger charge is -2.16. The second kappa shape index (κ2) is 7.02. The van der Waals surface area contributed by atoms with E-state index in [2.05, 4.69) is 21.2 Å². The Morgan fingerprint density at radius 3 is 2.42 bits per heavy atom. The highest BCUT2D eigenvalue weighted by atomic mass is 79.9. The average Bonchev–Trinajstić information content (AvgIpc) is 2.36. The van der Waals surface area contributed by atoms with Crippen LogP contribution in [0.25, 0.3) is 0 Å². The Morgan fingerprint density at radius 2 is 1.89 bits per heavy atom. The van der Waals surface area contributed by atoms with Crippen molar-refractivity contribution in [2.24, 2.45) is 0 Å². The lowest BCUT2D eigenvalue weighted by molar-refractivity contribution is -0.121. The van der Waals surface area contributed by atoms with Crippen LogP contribution in [-0.2, 0) is 14.8 Å². The Hall–Kier alpha value is -0.920. The SMILES string of the molecule is CCCNC(=O)CN(C)S(=O)(=O)c1ccc(Br)cc1. The van der Waals surface area contributed by atoms with Gasteiger partial charge >= 0.3 is 0 Å². The van der Waals surface area contributed by atoms with Crippen molar-refractivity contribution in [3.63, 3.8) is 0 Å². The van der Waals surface area contributed by atoms with E-state index in [1.807, 2.05) is 6.92 Å². The van der Waals surface area contributed by atoms with Gasteiger partial charge in [0.05, 0.1) is 11.4 Å². The number of benzene rings is 1. The summed E-state index contributed by atoms with van der Waals surface area (Å²) in [5.41, 5.74) is 0. The summed E-state index contributed by atoms with van der Waals surface area (Å²) in [6.07, 6.45) is 0.814. The first-order valence-corrected chi connectivity index (χ1v) is 8.10. The highest BCUT2D eigenvalue weighted by Crippen LogP contribution is 2.17. The molecular formula is C12H17BrN2O3S. The molecule has 0 aromatic heterocycles. The van der Waals surface area contributed by atoms with Gasteiger partial charge in [-0.2, -0.15) is 4.31 Å². The Labute approximate surface area is 122 Å². The largest absolute Gasteiger partial charge is 0.355 e. The van der Waals surface area contributed by atoms with Crippen molar-refractivity contribution in [2.45, 2.75) is 18.2 Å². The third kappa shape index (κ3) is 4.59. The maximum Gasteiger partial charge on any atom is 0.243 e. The van der Waals surface area contributed by atoms with E-state index in [9.17, 15) is 13.2 Å². The van der Waals surface area contributed by atoms with Crippen molar-refractivity contribution in [1.29, 1.82) is 0 Å². The first-order chi connectivity index (χ1) is 8.87. The van der Waals surface area contributed by atoms with Gasteiger partial charge in [0.25, 0.3) is 0 Å². The number of nitrogens with one attached hydrogen (secondary N) is 1. The van der Waals surface area contributed by atoms with E-state index in [1.165, 1.54) is 19.2 Å². The van der Waals surface area contributed by atoms with Gasteiger partial charge in [0.2, 0.25) is 15.9 Å². The molecule has 0 heterocycles. The summed E-state index contributed by atoms with van der Waals surface area (Å²) in [5.74, 6) is -0.301. The van der Waals surface area contributed by atoms with E-state index >= 15 is 0 Å². The van der Waals surface area contributed by atoms with Gasteiger partial charge in [0, 0.05) is 18.1 Å². The summed E-state index contributed by atoms with van der Waals surface area (Å²) >= 11 is 3.25. The predicted octanol–water partition coefficient (Wildman–Crippen LogP) is 1.60. The van der Waals surface area contributed by atoms with Crippen molar-refractivity contribution in [3.05, 3.63) is 28.7 Å². The van der Waals surface area contributed by atoms with Gasteiger partial charge in [-0.15, -0.1) is 0 Å². The molecule has 19 heavy (non-hydrogen) atoms. The molecule has 0 saturated heterocycles. The van der Waals surface area contributed by atoms with Crippen LogP contribution >= 0.6 is 15.9 Å². The standard InChI is InChI=1S/C12H17BrN2O3S/c1-3-8-14-12(16)9-15(2)19(17,18)11-6-4-10(13)5-7-11/h4-7H,3,8-9H2,1-2H3,(H,14,16). The lowest BCUT2D eigenvalue weighted by atomic mass is 10.4. The highest BCUT2D eigenvalue weighted by molar-refractivity contribution is 9.10. The maximum absolute atomic E-state index is 12.2. The van der Waals surface area contributed by atoms with Gasteiger partial charge in [-0.3, -0.25) is 4.79 Å². The Kier molecular flexibility index (Phi) is 5.96. The molecule has 1 aromatic rings. The van der Waals surface area contributed by atoms with Gasteiger partial charge in [-0.05, 0) is 30.7 Å². The van der Waals surface area contributed by atoms with Crippen LogP contribution in [0.3, 0.4) is 0 Å². The molecule has 1 aromatic carbocycles. The molecular weight excluding hydrogens is 332 g/mol. The second-order valence-electron chi connectivity index (χ2n) is 4.06. The molecule has 0 atom stereocenters. The number of hydrogen-bond donors (Lipinski definition) is 1. The van der Waals surface area contributed by atoms with E-state index in [4.69, 9.17) is 0 Å². The Balaban J connectivity index is 2.77. The van der Waals surface area contributed by atoms with Gasteiger partial charge in [-0.1, -0.05) is 22.9 Å². The third-order valence-corrected chi connectivity index (χ3v) is 4.81. The van der Waals surface area contributed by atoms with Crippen LogP contribution in [0.1, 0.15) is 13.3 Å². The minimum absolute atomic E-state index is 0.168. The lowest BCUT2D eigenvalue weighted by Crippen LogP contribution is -2.38. The zero-order valence-corrected chi connectivity index (χ0v) is 13.3. The molecule has 0 aliphatic carbocycles. The van der Waals surface area contributed by atoms with Gasteiger partial charge in [-0.25, -0.2) is 8.42 Å². The zero-order chi connectivity index (χ0) is 14.5. The van der Waals surface area contributed by atoms with Crippen LogP contribution in [0.5, 0.6) is 0 Å². The van der Waals surface area contributed by atoms with E-state index in [0.29, 0.717) is 6.54 Å². The van der Waals surface area contributed by atoms with Crippen molar-refractivity contribution >= 4 is 31.9 Å². The monoisotopic (exact) mass is 348 g/mol. The number of halogens is 1. The highest BCUT2D eigenvalue weighted by Gasteiger charge is 2.22. The molecule has 1 N–H and O–H groups in total. The van der Waals surface area contributed by atoms with Crippen LogP contribution in [0.4, 0.5) is 0 Å². The van der Waals surface area contributed by atoms with Crippen LogP contribution < -0.4 is 5.32 Å². The van der Waals surface area contributed by atoms with Gasteiger partial charge in [0.15, 0.2) is 0 Å². The maximum atomic E-state index is 12.2. The number of carbonyl (C=O) groups excluding carboxylic acids is 1. The zero-order valence-electron chi connectivity index (χ0n) is 10.9. The number of carbonyl (C=O) groups is 1. The molecule has 0 unspecified atom stereocenters. The summed E-state index contributed by atoms with van der Waals surface area (Å²) in [5, 5.41) is 2.64. The molecule has 0 aliphatic heterocycles. The number of hydrogen-bond acceptors (Lipinski definition) is 3. The molecule has 1 amide bonds. The third-order valence-electron chi connectivity index (χ3n) is 2.46. The average molecular weight is 349 g/mol. The van der Waals surface area contributed by atoms with Gasteiger partial charge < -0.3 is 5.32 Å². The summed E-state index contributed by atoms with van der Waals surface area (Å²) < 4.78 is 26.2. The number of nitrogens with zero attached hydrogens (tertiary/aromatic N) is 1. The molecule has 0 spiro atoms. The summed E-state index contributed by atoms with van der Waals surface area (Å²) in [7, 11) is -2.23. The topological polar surface area (TPSA) is 66.5 Å². The quantitative estimate of drug-likeness (QED) is 0.848. The summed E-state index contributed by atoms with van der Waals surface area (Å²) in [6, 6.07) is 6.30. The van der Waals surface area contributed by atoms with Gasteiger partial charge in [0.1, 0.15) is 0 Å². The predicted molar refractivity (Wildman–Crippen MR) is 77.3 cm³/mol. The van der Waals surface area contributed by atoms with E-state index < -0.39 is 10.0 Å². The second-order valence-corrected chi connectivity index (χ2v) is 7.03. The molecule has 5 nitrogen and oxygen atoms in total. The van der Waals surface area contributed by atoms with Crippen LogP contribution in [0, 0.1) is 0 Å². The molecule has 1 rings (SSSR count). The number of likely N-dealkylation sites (N-methyl/N-ethyl adjacent to an activating group) is 1. The van der Waals surface area contributed by atoms with Crippen LogP contribution in [-0.4, -0.2) is 38.8 Å². The first kappa shape index (κ1) is 16.1. The van der Waals surface area contributed by atoms with Crippen LogP contribution in [0.2, 0.25) is 0 Å². The number of amides is 1. The Morgan fingerprint density at radius 1 is 1.32 bits per heavy atom. The minimum Gasteiger partial charge on any atom is -0.355 e. The fraction of sp³-hybridized carbons (Fsp3) is 0.417. The van der Waals surface area contributed by atoms with E-state index in [-0.39, 0.29) is 17.3 Å². The van der Waals surface area contributed by atoms with Crippen molar-refractivity contribution < 1.29 is 13.2 Å². The van der Waals surface area contributed by atoms with Crippen LogP contribution in [0.15, 0.2) is 33.6 Å². The van der Waals surface area contributed by atoms with E-state index in [1.54, 1.807) is 12.1 Å². The summed E-state index contributed by atoms with van der Waals surface area (Å²) in [6.45, 7) is 2.30. The normalized spacial score (nSPS) is 11.6. The Bertz CT molecular complexity index is 528. The van der Waals surface area contributed by atoms with Crippen molar-refractivity contribution in [1.82, 2.24) is 9.62 Å². The molecule has 0 fully saturated rings. The van der Waals surface area contributed by atoms with Crippen molar-refractivity contribution in [2.75, 3.05) is 20.1 Å². The van der Waals surface area contributed by atoms with Crippen molar-refractivity contribution in [3.8, 4) is 0 Å². The minimum atomic E-state index is -3.62. The molecule has 0 radical (unpaired) electrons. The van der Waals surface area contributed by atoms with E-state index in [0.717, 1.165) is 15.2 Å². The fourth-order valence-corrected chi connectivity index (χ4v) is 2.79. The molecule has 0 aliphatic rings.